The fourth-order valence-corrected chi connectivity index (χ4v) is 2.71. The Balaban J connectivity index is 2.64. The van der Waals surface area contributed by atoms with E-state index in [9.17, 15) is 9.18 Å². The van der Waals surface area contributed by atoms with Gasteiger partial charge in [-0.1, -0.05) is 23.2 Å². The standard InChI is InChI=1S/C11H5Cl2FO2S/c12-8-2-9(13)10(14)1-5(8)6-3-17-4-7(6)11(15)16/h1-4H,(H,15,16). The Morgan fingerprint density at radius 3 is 2.53 bits per heavy atom. The van der Waals surface area contributed by atoms with Gasteiger partial charge in [0.2, 0.25) is 0 Å². The van der Waals surface area contributed by atoms with Crippen LogP contribution in [-0.2, 0) is 0 Å². The van der Waals surface area contributed by atoms with Crippen molar-refractivity contribution in [3.63, 3.8) is 0 Å². The summed E-state index contributed by atoms with van der Waals surface area (Å²) in [5.74, 6) is -1.71. The van der Waals surface area contributed by atoms with E-state index in [1.54, 1.807) is 5.38 Å². The number of carboxylic acid groups (broad SMARTS) is 1. The van der Waals surface area contributed by atoms with Crippen LogP contribution >= 0.6 is 34.5 Å². The van der Waals surface area contributed by atoms with Crippen molar-refractivity contribution in [3.05, 3.63) is 44.3 Å². The van der Waals surface area contributed by atoms with E-state index in [0.29, 0.717) is 11.1 Å². The van der Waals surface area contributed by atoms with Crippen molar-refractivity contribution in [1.29, 1.82) is 0 Å². The van der Waals surface area contributed by atoms with Gasteiger partial charge in [-0.05, 0) is 17.5 Å². The highest BCUT2D eigenvalue weighted by molar-refractivity contribution is 7.08. The van der Waals surface area contributed by atoms with E-state index in [0.717, 1.165) is 6.07 Å². The molecule has 17 heavy (non-hydrogen) atoms. The minimum Gasteiger partial charge on any atom is -0.478 e. The lowest BCUT2D eigenvalue weighted by molar-refractivity contribution is 0.0698. The molecule has 1 heterocycles. The molecule has 1 aromatic heterocycles. The molecule has 2 rings (SSSR count). The Labute approximate surface area is 110 Å². The minimum absolute atomic E-state index is 0.0918. The summed E-state index contributed by atoms with van der Waals surface area (Å²) in [6.45, 7) is 0. The first-order chi connectivity index (χ1) is 8.00. The second-order valence-electron chi connectivity index (χ2n) is 3.25. The molecule has 0 radical (unpaired) electrons. The molecule has 2 aromatic rings. The Kier molecular flexibility index (Phi) is 3.38. The third kappa shape index (κ3) is 2.29. The van der Waals surface area contributed by atoms with Crippen molar-refractivity contribution in [2.75, 3.05) is 0 Å². The number of hydrogen-bond acceptors (Lipinski definition) is 2. The van der Waals surface area contributed by atoms with Gasteiger partial charge in [0.25, 0.3) is 0 Å². The number of halogens is 3. The summed E-state index contributed by atoms with van der Waals surface area (Å²) in [5, 5.41) is 12.2. The molecule has 1 aromatic carbocycles. The molecule has 0 bridgehead atoms. The second-order valence-corrected chi connectivity index (χ2v) is 4.81. The first-order valence-corrected chi connectivity index (χ1v) is 6.15. The highest BCUT2D eigenvalue weighted by Crippen LogP contribution is 2.35. The van der Waals surface area contributed by atoms with Gasteiger partial charge < -0.3 is 5.11 Å². The first-order valence-electron chi connectivity index (χ1n) is 4.45. The molecular formula is C11H5Cl2FO2S. The maximum atomic E-state index is 13.3. The van der Waals surface area contributed by atoms with Crippen molar-refractivity contribution in [1.82, 2.24) is 0 Å². The number of rotatable bonds is 2. The minimum atomic E-state index is -1.08. The van der Waals surface area contributed by atoms with Crippen molar-refractivity contribution in [3.8, 4) is 11.1 Å². The summed E-state index contributed by atoms with van der Waals surface area (Å²) in [7, 11) is 0. The molecule has 2 nitrogen and oxygen atoms in total. The Morgan fingerprint density at radius 2 is 1.88 bits per heavy atom. The molecule has 0 saturated carbocycles. The van der Waals surface area contributed by atoms with Gasteiger partial charge in [0.15, 0.2) is 0 Å². The fraction of sp³-hybridized carbons (Fsp3) is 0. The van der Waals surface area contributed by atoms with Crippen LogP contribution in [0.25, 0.3) is 11.1 Å². The summed E-state index contributed by atoms with van der Waals surface area (Å²) >= 11 is 12.7. The van der Waals surface area contributed by atoms with Crippen LogP contribution < -0.4 is 0 Å². The van der Waals surface area contributed by atoms with Gasteiger partial charge in [0, 0.05) is 16.5 Å². The van der Waals surface area contributed by atoms with Crippen molar-refractivity contribution in [2.24, 2.45) is 0 Å². The summed E-state index contributed by atoms with van der Waals surface area (Å²) in [5.41, 5.74) is 0.814. The summed E-state index contributed by atoms with van der Waals surface area (Å²) in [6, 6.07) is 2.40. The van der Waals surface area contributed by atoms with Crippen LogP contribution in [0.2, 0.25) is 10.0 Å². The Bertz CT molecular complexity index is 595. The number of thiophene rings is 1. The van der Waals surface area contributed by atoms with Gasteiger partial charge in [-0.2, -0.15) is 11.3 Å². The van der Waals surface area contributed by atoms with Crippen molar-refractivity contribution in [2.45, 2.75) is 0 Å². The number of benzene rings is 1. The summed E-state index contributed by atoms with van der Waals surface area (Å²) in [6.07, 6.45) is 0. The van der Waals surface area contributed by atoms with Gasteiger partial charge in [0.1, 0.15) is 5.82 Å². The van der Waals surface area contributed by atoms with Crippen LogP contribution in [0.1, 0.15) is 10.4 Å². The lowest BCUT2D eigenvalue weighted by Gasteiger charge is -2.05. The predicted molar refractivity (Wildman–Crippen MR) is 66.7 cm³/mol. The van der Waals surface area contributed by atoms with E-state index in [1.807, 2.05) is 0 Å². The van der Waals surface area contributed by atoms with E-state index in [4.69, 9.17) is 28.3 Å². The van der Waals surface area contributed by atoms with E-state index >= 15 is 0 Å². The van der Waals surface area contributed by atoms with Crippen LogP contribution in [-0.4, -0.2) is 11.1 Å². The molecule has 88 valence electrons. The highest BCUT2D eigenvalue weighted by atomic mass is 35.5. The maximum Gasteiger partial charge on any atom is 0.337 e. The Morgan fingerprint density at radius 1 is 1.18 bits per heavy atom. The van der Waals surface area contributed by atoms with E-state index in [1.165, 1.54) is 22.8 Å². The van der Waals surface area contributed by atoms with Gasteiger partial charge in [-0.25, -0.2) is 9.18 Å². The van der Waals surface area contributed by atoms with Crippen LogP contribution in [0.5, 0.6) is 0 Å². The molecule has 0 aliphatic rings. The van der Waals surface area contributed by atoms with Crippen molar-refractivity contribution >= 4 is 40.5 Å². The monoisotopic (exact) mass is 290 g/mol. The zero-order valence-corrected chi connectivity index (χ0v) is 10.5. The largest absolute Gasteiger partial charge is 0.478 e. The SMILES string of the molecule is O=C(O)c1cscc1-c1cc(F)c(Cl)cc1Cl. The van der Waals surface area contributed by atoms with Gasteiger partial charge >= 0.3 is 5.97 Å². The second kappa shape index (κ2) is 4.64. The molecule has 1 N–H and O–H groups in total. The van der Waals surface area contributed by atoms with Gasteiger partial charge in [-0.15, -0.1) is 0 Å². The zero-order valence-electron chi connectivity index (χ0n) is 8.21. The van der Waals surface area contributed by atoms with Crippen LogP contribution in [0, 0.1) is 5.82 Å². The lowest BCUT2D eigenvalue weighted by Crippen LogP contribution is -1.96. The smallest absolute Gasteiger partial charge is 0.337 e. The van der Waals surface area contributed by atoms with Crippen LogP contribution in [0.15, 0.2) is 22.9 Å². The number of carbonyl (C=O) groups is 1. The Hall–Kier alpha value is -1.10. The number of hydrogen-bond donors (Lipinski definition) is 1. The van der Waals surface area contributed by atoms with E-state index in [2.05, 4.69) is 0 Å². The molecule has 0 unspecified atom stereocenters. The first kappa shape index (κ1) is 12.4. The van der Waals surface area contributed by atoms with E-state index in [-0.39, 0.29) is 15.6 Å². The van der Waals surface area contributed by atoms with Gasteiger partial charge in [-0.3, -0.25) is 0 Å². The van der Waals surface area contributed by atoms with Crippen LogP contribution in [0.3, 0.4) is 0 Å². The lowest BCUT2D eigenvalue weighted by atomic mass is 10.0. The quantitative estimate of drug-likeness (QED) is 0.823. The molecule has 0 saturated heterocycles. The molecule has 0 spiro atoms. The third-order valence-electron chi connectivity index (χ3n) is 2.19. The summed E-state index contributed by atoms with van der Waals surface area (Å²) < 4.78 is 13.3. The van der Waals surface area contributed by atoms with E-state index < -0.39 is 11.8 Å². The molecule has 0 atom stereocenters. The molecule has 0 amide bonds. The van der Waals surface area contributed by atoms with Crippen molar-refractivity contribution < 1.29 is 14.3 Å². The summed E-state index contributed by atoms with van der Waals surface area (Å²) in [4.78, 5) is 11.0. The molecular weight excluding hydrogens is 286 g/mol. The fourth-order valence-electron chi connectivity index (χ4n) is 1.40. The predicted octanol–water partition coefficient (Wildman–Crippen LogP) is 4.56. The topological polar surface area (TPSA) is 37.3 Å². The average molecular weight is 291 g/mol. The molecule has 0 aliphatic heterocycles. The maximum absolute atomic E-state index is 13.3. The zero-order chi connectivity index (χ0) is 12.6. The van der Waals surface area contributed by atoms with Crippen LogP contribution in [0.4, 0.5) is 4.39 Å². The van der Waals surface area contributed by atoms with Gasteiger partial charge in [0.05, 0.1) is 15.6 Å². The number of carboxylic acids is 1. The number of aromatic carboxylic acids is 1. The average Bonchev–Trinajstić information content (AvgIpc) is 2.72. The third-order valence-corrected chi connectivity index (χ3v) is 3.54. The normalized spacial score (nSPS) is 10.5. The highest BCUT2D eigenvalue weighted by Gasteiger charge is 2.16. The molecule has 0 fully saturated rings. The molecule has 0 aliphatic carbocycles. The molecule has 6 heteroatoms.